The molecule has 1 N–H and O–H groups in total. The number of nitrogens with zero attached hydrogens (tertiary/aromatic N) is 1. The van der Waals surface area contributed by atoms with E-state index in [4.69, 9.17) is 4.74 Å². The summed E-state index contributed by atoms with van der Waals surface area (Å²) in [4.78, 5) is 3.97. The summed E-state index contributed by atoms with van der Waals surface area (Å²) in [5, 5.41) is 3.32. The van der Waals surface area contributed by atoms with Crippen LogP contribution in [0.4, 0.5) is 4.39 Å². The molecule has 4 heteroatoms. The predicted molar refractivity (Wildman–Crippen MR) is 72.5 cm³/mol. The van der Waals surface area contributed by atoms with Crippen LogP contribution in [0.5, 0.6) is 5.75 Å². The number of ether oxygens (including phenoxy) is 1. The number of pyridine rings is 1. The third kappa shape index (κ3) is 4.34. The molecular weight excluding hydrogens is 243 g/mol. The standard InChI is InChI=1S/C15H17FN2O/c1-12(13-4-6-14(16)7-5-13)18-9-10-19-15-3-2-8-17-11-15/h2-8,11-12,18H,9-10H2,1H3/t12-/m1/s1. The summed E-state index contributed by atoms with van der Waals surface area (Å²) in [7, 11) is 0. The van der Waals surface area contributed by atoms with E-state index in [1.165, 1.54) is 12.1 Å². The molecule has 2 aromatic rings. The lowest BCUT2D eigenvalue weighted by atomic mass is 10.1. The van der Waals surface area contributed by atoms with Crippen LogP contribution in [0.2, 0.25) is 0 Å². The molecule has 0 aliphatic rings. The molecular formula is C15H17FN2O. The smallest absolute Gasteiger partial charge is 0.137 e. The Hall–Kier alpha value is -1.94. The summed E-state index contributed by atoms with van der Waals surface area (Å²) in [6, 6.07) is 10.4. The fraction of sp³-hybridized carbons (Fsp3) is 0.267. The maximum absolute atomic E-state index is 12.8. The molecule has 100 valence electrons. The topological polar surface area (TPSA) is 34.1 Å². The molecule has 0 amide bonds. The second-order valence-corrected chi connectivity index (χ2v) is 4.26. The highest BCUT2D eigenvalue weighted by molar-refractivity contribution is 5.19. The first kappa shape index (κ1) is 13.5. The number of hydrogen-bond donors (Lipinski definition) is 1. The van der Waals surface area contributed by atoms with Gasteiger partial charge in [-0.15, -0.1) is 0 Å². The van der Waals surface area contributed by atoms with Crippen LogP contribution in [-0.2, 0) is 0 Å². The average Bonchev–Trinajstić information content (AvgIpc) is 2.45. The summed E-state index contributed by atoms with van der Waals surface area (Å²) < 4.78 is 18.3. The zero-order valence-corrected chi connectivity index (χ0v) is 10.8. The van der Waals surface area contributed by atoms with Crippen LogP contribution < -0.4 is 10.1 Å². The lowest BCUT2D eigenvalue weighted by Crippen LogP contribution is -2.24. The van der Waals surface area contributed by atoms with Gasteiger partial charge in [-0.2, -0.15) is 0 Å². The predicted octanol–water partition coefficient (Wildman–Crippen LogP) is 2.95. The summed E-state index contributed by atoms with van der Waals surface area (Å²) in [5.41, 5.74) is 1.06. The van der Waals surface area contributed by atoms with Crippen molar-refractivity contribution in [3.8, 4) is 5.75 Å². The van der Waals surface area contributed by atoms with Crippen LogP contribution in [0.25, 0.3) is 0 Å². The molecule has 1 aromatic heterocycles. The van der Waals surface area contributed by atoms with Gasteiger partial charge in [0.1, 0.15) is 18.2 Å². The zero-order chi connectivity index (χ0) is 13.5. The first-order valence-corrected chi connectivity index (χ1v) is 6.27. The highest BCUT2D eigenvalue weighted by Gasteiger charge is 2.04. The lowest BCUT2D eigenvalue weighted by molar-refractivity contribution is 0.306. The molecule has 0 aliphatic heterocycles. The minimum Gasteiger partial charge on any atom is -0.491 e. The van der Waals surface area contributed by atoms with E-state index < -0.39 is 0 Å². The highest BCUT2D eigenvalue weighted by atomic mass is 19.1. The third-order valence-corrected chi connectivity index (χ3v) is 2.83. The van der Waals surface area contributed by atoms with Gasteiger partial charge in [-0.05, 0) is 36.8 Å². The van der Waals surface area contributed by atoms with Crippen LogP contribution in [0.3, 0.4) is 0 Å². The minimum atomic E-state index is -0.212. The zero-order valence-electron chi connectivity index (χ0n) is 10.8. The van der Waals surface area contributed by atoms with Crippen molar-refractivity contribution in [2.24, 2.45) is 0 Å². The molecule has 0 saturated heterocycles. The molecule has 2 rings (SSSR count). The van der Waals surface area contributed by atoms with Crippen molar-refractivity contribution < 1.29 is 9.13 Å². The molecule has 3 nitrogen and oxygen atoms in total. The average molecular weight is 260 g/mol. The second-order valence-electron chi connectivity index (χ2n) is 4.26. The maximum Gasteiger partial charge on any atom is 0.137 e. The van der Waals surface area contributed by atoms with E-state index in [-0.39, 0.29) is 11.9 Å². The molecule has 1 heterocycles. The monoisotopic (exact) mass is 260 g/mol. The fourth-order valence-electron chi connectivity index (χ4n) is 1.75. The number of rotatable bonds is 6. The number of hydrogen-bond acceptors (Lipinski definition) is 3. The Kier molecular flexibility index (Phi) is 4.86. The fourth-order valence-corrected chi connectivity index (χ4v) is 1.75. The summed E-state index contributed by atoms with van der Waals surface area (Å²) in [6.07, 6.45) is 3.39. The van der Waals surface area contributed by atoms with E-state index in [9.17, 15) is 4.39 Å². The SMILES string of the molecule is C[C@@H](NCCOc1cccnc1)c1ccc(F)cc1. The first-order chi connectivity index (χ1) is 9.25. The minimum absolute atomic E-state index is 0.165. The van der Waals surface area contributed by atoms with Gasteiger partial charge in [0, 0.05) is 18.8 Å². The quantitative estimate of drug-likeness (QED) is 0.811. The highest BCUT2D eigenvalue weighted by Crippen LogP contribution is 2.12. The van der Waals surface area contributed by atoms with Gasteiger partial charge in [0.05, 0.1) is 6.20 Å². The van der Waals surface area contributed by atoms with Crippen LogP contribution >= 0.6 is 0 Å². The van der Waals surface area contributed by atoms with Crippen molar-refractivity contribution in [1.29, 1.82) is 0 Å². The van der Waals surface area contributed by atoms with E-state index in [0.717, 1.165) is 11.3 Å². The van der Waals surface area contributed by atoms with Crippen LogP contribution in [-0.4, -0.2) is 18.1 Å². The van der Waals surface area contributed by atoms with Crippen LogP contribution in [0.15, 0.2) is 48.8 Å². The Balaban J connectivity index is 1.72. The molecule has 0 radical (unpaired) electrons. The largest absolute Gasteiger partial charge is 0.491 e. The molecule has 0 unspecified atom stereocenters. The van der Waals surface area contributed by atoms with Gasteiger partial charge in [0.15, 0.2) is 0 Å². The van der Waals surface area contributed by atoms with Gasteiger partial charge in [-0.25, -0.2) is 4.39 Å². The number of halogens is 1. The molecule has 0 spiro atoms. The lowest BCUT2D eigenvalue weighted by Gasteiger charge is -2.14. The number of benzene rings is 1. The van der Waals surface area contributed by atoms with Crippen molar-refractivity contribution in [2.45, 2.75) is 13.0 Å². The Morgan fingerprint density at radius 2 is 2.05 bits per heavy atom. The molecule has 0 fully saturated rings. The van der Waals surface area contributed by atoms with Crippen molar-refractivity contribution in [2.75, 3.05) is 13.2 Å². The normalized spacial score (nSPS) is 12.1. The van der Waals surface area contributed by atoms with Gasteiger partial charge < -0.3 is 10.1 Å². The van der Waals surface area contributed by atoms with Crippen molar-refractivity contribution in [1.82, 2.24) is 10.3 Å². The number of aromatic nitrogens is 1. The molecule has 1 atom stereocenters. The van der Waals surface area contributed by atoms with Gasteiger partial charge >= 0.3 is 0 Å². The van der Waals surface area contributed by atoms with Crippen molar-refractivity contribution in [3.05, 3.63) is 60.2 Å². The molecule has 1 aromatic carbocycles. The van der Waals surface area contributed by atoms with Gasteiger partial charge in [0.25, 0.3) is 0 Å². The van der Waals surface area contributed by atoms with Gasteiger partial charge in [0.2, 0.25) is 0 Å². The third-order valence-electron chi connectivity index (χ3n) is 2.83. The Morgan fingerprint density at radius 3 is 2.74 bits per heavy atom. The molecule has 0 saturated carbocycles. The van der Waals surface area contributed by atoms with Crippen molar-refractivity contribution >= 4 is 0 Å². The number of nitrogens with one attached hydrogen (secondary N) is 1. The van der Waals surface area contributed by atoms with Crippen LogP contribution in [0, 0.1) is 5.82 Å². The molecule has 0 bridgehead atoms. The Bertz CT molecular complexity index is 487. The van der Waals surface area contributed by atoms with E-state index in [1.807, 2.05) is 19.1 Å². The van der Waals surface area contributed by atoms with E-state index in [2.05, 4.69) is 10.3 Å². The van der Waals surface area contributed by atoms with E-state index in [1.54, 1.807) is 24.5 Å². The molecule has 0 aliphatic carbocycles. The summed E-state index contributed by atoms with van der Waals surface area (Å²) in [5.74, 6) is 0.551. The Morgan fingerprint density at radius 1 is 1.26 bits per heavy atom. The maximum atomic E-state index is 12.8. The second kappa shape index (κ2) is 6.85. The van der Waals surface area contributed by atoms with Crippen molar-refractivity contribution in [3.63, 3.8) is 0 Å². The van der Waals surface area contributed by atoms with Gasteiger partial charge in [-0.1, -0.05) is 12.1 Å². The summed E-state index contributed by atoms with van der Waals surface area (Å²) in [6.45, 7) is 3.32. The van der Waals surface area contributed by atoms with Crippen LogP contribution in [0.1, 0.15) is 18.5 Å². The first-order valence-electron chi connectivity index (χ1n) is 6.27. The van der Waals surface area contributed by atoms with E-state index >= 15 is 0 Å². The van der Waals surface area contributed by atoms with Gasteiger partial charge in [-0.3, -0.25) is 4.98 Å². The summed E-state index contributed by atoms with van der Waals surface area (Å²) >= 11 is 0. The van der Waals surface area contributed by atoms with E-state index in [0.29, 0.717) is 13.2 Å². The Labute approximate surface area is 112 Å². The molecule has 19 heavy (non-hydrogen) atoms.